The third-order valence-corrected chi connectivity index (χ3v) is 4.51. The Balaban J connectivity index is 2.08. The van der Waals surface area contributed by atoms with Gasteiger partial charge < -0.3 is 10.5 Å². The van der Waals surface area contributed by atoms with Crippen LogP contribution < -0.4 is 5.73 Å². The Hall–Kier alpha value is -1.20. The summed E-state index contributed by atoms with van der Waals surface area (Å²) >= 11 is 1.77. The van der Waals surface area contributed by atoms with Crippen molar-refractivity contribution in [2.75, 3.05) is 12.3 Å². The Morgan fingerprint density at radius 2 is 2.11 bits per heavy atom. The highest BCUT2D eigenvalue weighted by Gasteiger charge is 2.19. The van der Waals surface area contributed by atoms with Crippen molar-refractivity contribution in [2.24, 2.45) is 0 Å². The SMILES string of the molecule is CCOCc1nc(N)c2c3c(sc2n1)CCCC3. The van der Waals surface area contributed by atoms with Crippen molar-refractivity contribution >= 4 is 27.4 Å². The minimum Gasteiger partial charge on any atom is -0.383 e. The predicted octanol–water partition coefficient (Wildman–Crippen LogP) is 2.69. The first-order chi connectivity index (χ1) is 8.79. The number of nitrogens with two attached hydrogens (primary N) is 1. The lowest BCUT2D eigenvalue weighted by molar-refractivity contribution is 0.128. The van der Waals surface area contributed by atoms with Gasteiger partial charge in [0.2, 0.25) is 0 Å². The molecule has 0 saturated carbocycles. The van der Waals surface area contributed by atoms with Crippen LogP contribution in [-0.4, -0.2) is 16.6 Å². The molecule has 1 aliphatic rings. The molecule has 0 spiro atoms. The maximum atomic E-state index is 6.10. The lowest BCUT2D eigenvalue weighted by Gasteiger charge is -2.10. The zero-order chi connectivity index (χ0) is 12.5. The lowest BCUT2D eigenvalue weighted by atomic mass is 9.97. The van der Waals surface area contributed by atoms with Crippen LogP contribution in [-0.2, 0) is 24.2 Å². The van der Waals surface area contributed by atoms with E-state index in [1.54, 1.807) is 11.3 Å². The Morgan fingerprint density at radius 1 is 1.28 bits per heavy atom. The second-order valence-corrected chi connectivity index (χ2v) is 5.64. The fourth-order valence-corrected chi connectivity index (χ4v) is 3.78. The molecule has 1 aliphatic carbocycles. The van der Waals surface area contributed by atoms with E-state index in [1.165, 1.54) is 23.3 Å². The van der Waals surface area contributed by atoms with E-state index in [1.807, 2.05) is 6.92 Å². The number of nitrogens with zero attached hydrogens (tertiary/aromatic N) is 2. The van der Waals surface area contributed by atoms with Crippen molar-refractivity contribution in [1.29, 1.82) is 0 Å². The summed E-state index contributed by atoms with van der Waals surface area (Å²) in [4.78, 5) is 11.4. The molecule has 18 heavy (non-hydrogen) atoms. The first-order valence-electron chi connectivity index (χ1n) is 6.44. The number of thiophene rings is 1. The minimum absolute atomic E-state index is 0.444. The molecule has 2 aromatic rings. The van der Waals surface area contributed by atoms with Gasteiger partial charge in [-0.25, -0.2) is 9.97 Å². The predicted molar refractivity (Wildman–Crippen MR) is 73.8 cm³/mol. The molecule has 0 atom stereocenters. The van der Waals surface area contributed by atoms with Crippen molar-refractivity contribution in [3.63, 3.8) is 0 Å². The third kappa shape index (κ3) is 1.97. The number of fused-ring (bicyclic) bond motifs is 3. The Labute approximate surface area is 110 Å². The molecule has 0 unspecified atom stereocenters. The average molecular weight is 263 g/mol. The van der Waals surface area contributed by atoms with Gasteiger partial charge in [-0.15, -0.1) is 11.3 Å². The maximum Gasteiger partial charge on any atom is 0.158 e. The number of aryl methyl sites for hydroxylation is 2. The van der Waals surface area contributed by atoms with E-state index in [0.717, 1.165) is 23.1 Å². The molecule has 5 heteroatoms. The molecule has 3 rings (SSSR count). The molecular formula is C13H17N3OS. The van der Waals surface area contributed by atoms with Crippen molar-refractivity contribution in [1.82, 2.24) is 9.97 Å². The number of hydrogen-bond acceptors (Lipinski definition) is 5. The molecule has 2 heterocycles. The number of rotatable bonds is 3. The second kappa shape index (κ2) is 4.82. The summed E-state index contributed by atoms with van der Waals surface area (Å²) in [5, 5.41) is 1.09. The fourth-order valence-electron chi connectivity index (χ4n) is 2.49. The van der Waals surface area contributed by atoms with Crippen molar-refractivity contribution in [3.8, 4) is 0 Å². The first kappa shape index (κ1) is 11.9. The maximum absolute atomic E-state index is 6.10. The van der Waals surface area contributed by atoms with Gasteiger partial charge in [-0.3, -0.25) is 0 Å². The molecule has 2 N–H and O–H groups in total. The van der Waals surface area contributed by atoms with E-state index in [9.17, 15) is 0 Å². The Bertz CT molecular complexity index is 579. The summed E-state index contributed by atoms with van der Waals surface area (Å²) in [6.07, 6.45) is 4.81. The quantitative estimate of drug-likeness (QED) is 0.925. The molecule has 0 amide bonds. The lowest BCUT2D eigenvalue weighted by Crippen LogP contribution is -2.04. The van der Waals surface area contributed by atoms with Crippen LogP contribution in [0.1, 0.15) is 36.0 Å². The van der Waals surface area contributed by atoms with Crippen LogP contribution in [0, 0.1) is 0 Å². The average Bonchev–Trinajstić information content (AvgIpc) is 2.74. The fraction of sp³-hybridized carbons (Fsp3) is 0.538. The molecule has 0 bridgehead atoms. The van der Waals surface area contributed by atoms with Crippen molar-refractivity contribution < 1.29 is 4.74 Å². The monoisotopic (exact) mass is 263 g/mol. The second-order valence-electron chi connectivity index (χ2n) is 4.55. The number of ether oxygens (including phenoxy) is 1. The van der Waals surface area contributed by atoms with Gasteiger partial charge in [0, 0.05) is 11.5 Å². The van der Waals surface area contributed by atoms with Gasteiger partial charge >= 0.3 is 0 Å². The molecule has 2 aromatic heterocycles. The van der Waals surface area contributed by atoms with E-state index in [0.29, 0.717) is 24.9 Å². The number of anilines is 1. The molecule has 0 aliphatic heterocycles. The molecule has 96 valence electrons. The molecule has 0 radical (unpaired) electrons. The van der Waals surface area contributed by atoms with Gasteiger partial charge in [-0.05, 0) is 38.2 Å². The van der Waals surface area contributed by atoms with Crippen LogP contribution in [0.4, 0.5) is 5.82 Å². The third-order valence-electron chi connectivity index (χ3n) is 3.32. The van der Waals surface area contributed by atoms with Crippen LogP contribution in [0.5, 0.6) is 0 Å². The summed E-state index contributed by atoms with van der Waals surface area (Å²) < 4.78 is 5.35. The molecule has 0 fully saturated rings. The first-order valence-corrected chi connectivity index (χ1v) is 7.25. The number of aromatic nitrogens is 2. The summed E-state index contributed by atoms with van der Waals surface area (Å²) in [6, 6.07) is 0. The highest BCUT2D eigenvalue weighted by atomic mass is 32.1. The van der Waals surface area contributed by atoms with E-state index < -0.39 is 0 Å². The van der Waals surface area contributed by atoms with Crippen molar-refractivity contribution in [2.45, 2.75) is 39.2 Å². The normalized spacial score (nSPS) is 14.9. The van der Waals surface area contributed by atoms with Gasteiger partial charge in [0.05, 0.1) is 5.39 Å². The summed E-state index contributed by atoms with van der Waals surface area (Å²) in [5.74, 6) is 1.31. The highest BCUT2D eigenvalue weighted by molar-refractivity contribution is 7.19. The topological polar surface area (TPSA) is 61.0 Å². The standard InChI is InChI=1S/C13H17N3OS/c1-2-17-7-10-15-12(14)11-8-5-3-4-6-9(8)18-13(11)16-10/h2-7H2,1H3,(H2,14,15,16). The van der Waals surface area contributed by atoms with Crippen LogP contribution in [0.25, 0.3) is 10.2 Å². The summed E-state index contributed by atoms with van der Waals surface area (Å²) in [5.41, 5.74) is 7.49. The van der Waals surface area contributed by atoms with E-state index in [4.69, 9.17) is 10.5 Å². The van der Waals surface area contributed by atoms with Gasteiger partial charge in [0.1, 0.15) is 17.3 Å². The number of hydrogen-bond donors (Lipinski definition) is 1. The minimum atomic E-state index is 0.444. The van der Waals surface area contributed by atoms with E-state index in [-0.39, 0.29) is 0 Å². The number of nitrogen functional groups attached to an aromatic ring is 1. The van der Waals surface area contributed by atoms with Crippen LogP contribution in [0.15, 0.2) is 0 Å². The smallest absolute Gasteiger partial charge is 0.158 e. The largest absolute Gasteiger partial charge is 0.383 e. The van der Waals surface area contributed by atoms with Gasteiger partial charge in [0.25, 0.3) is 0 Å². The van der Waals surface area contributed by atoms with E-state index >= 15 is 0 Å². The highest BCUT2D eigenvalue weighted by Crippen LogP contribution is 2.37. The Kier molecular flexibility index (Phi) is 3.18. The van der Waals surface area contributed by atoms with Crippen LogP contribution in [0.3, 0.4) is 0 Å². The van der Waals surface area contributed by atoms with Crippen LogP contribution >= 0.6 is 11.3 Å². The van der Waals surface area contributed by atoms with Gasteiger partial charge in [0.15, 0.2) is 5.82 Å². The molecule has 0 saturated heterocycles. The van der Waals surface area contributed by atoms with Crippen molar-refractivity contribution in [3.05, 3.63) is 16.3 Å². The Morgan fingerprint density at radius 3 is 2.94 bits per heavy atom. The van der Waals surface area contributed by atoms with E-state index in [2.05, 4.69) is 9.97 Å². The summed E-state index contributed by atoms with van der Waals surface area (Å²) in [6.45, 7) is 3.08. The van der Waals surface area contributed by atoms with Gasteiger partial charge in [-0.2, -0.15) is 0 Å². The zero-order valence-electron chi connectivity index (χ0n) is 10.5. The molecule has 4 nitrogen and oxygen atoms in total. The summed E-state index contributed by atoms with van der Waals surface area (Å²) in [7, 11) is 0. The molecular weight excluding hydrogens is 246 g/mol. The molecule has 0 aromatic carbocycles. The van der Waals surface area contributed by atoms with Crippen LogP contribution in [0.2, 0.25) is 0 Å². The zero-order valence-corrected chi connectivity index (χ0v) is 11.3. The van der Waals surface area contributed by atoms with Gasteiger partial charge in [-0.1, -0.05) is 0 Å².